The van der Waals surface area contributed by atoms with E-state index in [1.807, 2.05) is 0 Å². The van der Waals surface area contributed by atoms with E-state index in [0.29, 0.717) is 12.2 Å². The van der Waals surface area contributed by atoms with Crippen LogP contribution in [0.15, 0.2) is 42.5 Å². The summed E-state index contributed by atoms with van der Waals surface area (Å²) in [7, 11) is 1.33. The molecule has 0 saturated heterocycles. The summed E-state index contributed by atoms with van der Waals surface area (Å²) in [6.45, 7) is 2.12. The zero-order chi connectivity index (χ0) is 19.8. The molecule has 0 saturated carbocycles. The van der Waals surface area contributed by atoms with Gasteiger partial charge in [0.2, 0.25) is 0 Å². The summed E-state index contributed by atoms with van der Waals surface area (Å²) in [5.41, 5.74) is 1.04. The molecule has 0 aliphatic rings. The number of nitrogens with one attached hydrogen (secondary N) is 1. The third-order valence-corrected chi connectivity index (χ3v) is 4.20. The summed E-state index contributed by atoms with van der Waals surface area (Å²) < 4.78 is 66.9. The van der Waals surface area contributed by atoms with Crippen LogP contribution in [0.25, 0.3) is 11.3 Å². The fraction of sp³-hybridized carbons (Fsp3) is 0.211. The lowest BCUT2D eigenvalue weighted by Crippen LogP contribution is -2.06. The first-order valence-corrected chi connectivity index (χ1v) is 8.05. The molecule has 0 bridgehead atoms. The number of alkyl halides is 3. The zero-order valence-electron chi connectivity index (χ0n) is 14.5. The fourth-order valence-corrected chi connectivity index (χ4v) is 2.75. The van der Waals surface area contributed by atoms with Crippen LogP contribution in [-0.2, 0) is 19.8 Å². The summed E-state index contributed by atoms with van der Waals surface area (Å²) in [6, 6.07) is 9.36. The van der Waals surface area contributed by atoms with E-state index in [0.717, 1.165) is 21.9 Å². The van der Waals surface area contributed by atoms with E-state index < -0.39 is 17.7 Å². The van der Waals surface area contributed by atoms with Crippen LogP contribution in [0.3, 0.4) is 0 Å². The first-order chi connectivity index (χ1) is 12.6. The van der Waals surface area contributed by atoms with Gasteiger partial charge in [0.15, 0.2) is 5.69 Å². The van der Waals surface area contributed by atoms with Gasteiger partial charge in [0.05, 0.1) is 5.69 Å². The van der Waals surface area contributed by atoms with Crippen molar-refractivity contribution >= 4 is 5.69 Å². The predicted molar refractivity (Wildman–Crippen MR) is 92.1 cm³/mol. The second-order valence-corrected chi connectivity index (χ2v) is 6.16. The van der Waals surface area contributed by atoms with Crippen molar-refractivity contribution in [2.24, 2.45) is 7.05 Å². The normalized spacial score (nSPS) is 11.7. The Kier molecular flexibility index (Phi) is 4.91. The molecule has 0 radical (unpaired) electrons. The molecular formula is C19H16F5N3. The van der Waals surface area contributed by atoms with E-state index >= 15 is 0 Å². The molecule has 0 aliphatic heterocycles. The molecule has 0 spiro atoms. The molecule has 0 fully saturated rings. The van der Waals surface area contributed by atoms with Gasteiger partial charge in [-0.1, -0.05) is 6.07 Å². The van der Waals surface area contributed by atoms with Crippen molar-refractivity contribution in [1.82, 2.24) is 9.78 Å². The van der Waals surface area contributed by atoms with Gasteiger partial charge >= 0.3 is 6.18 Å². The number of nitrogens with zero attached hydrogens (tertiary/aromatic N) is 2. The number of aromatic nitrogens is 2. The minimum absolute atomic E-state index is 0.0176. The first kappa shape index (κ1) is 18.9. The van der Waals surface area contributed by atoms with Gasteiger partial charge < -0.3 is 5.32 Å². The Labute approximate surface area is 152 Å². The van der Waals surface area contributed by atoms with Crippen molar-refractivity contribution in [2.75, 3.05) is 5.32 Å². The van der Waals surface area contributed by atoms with E-state index in [1.165, 1.54) is 31.3 Å². The molecule has 142 valence electrons. The molecule has 1 aromatic heterocycles. The molecule has 1 N–H and O–H groups in total. The smallest absolute Gasteiger partial charge is 0.381 e. The summed E-state index contributed by atoms with van der Waals surface area (Å²) in [6.07, 6.45) is -4.60. The van der Waals surface area contributed by atoms with E-state index in [-0.39, 0.29) is 17.1 Å². The van der Waals surface area contributed by atoms with E-state index in [9.17, 15) is 22.0 Å². The summed E-state index contributed by atoms with van der Waals surface area (Å²) >= 11 is 0. The van der Waals surface area contributed by atoms with Crippen molar-refractivity contribution in [3.8, 4) is 11.3 Å². The van der Waals surface area contributed by atoms with Gasteiger partial charge in [-0.3, -0.25) is 4.68 Å². The van der Waals surface area contributed by atoms with E-state index in [2.05, 4.69) is 10.4 Å². The molecule has 0 amide bonds. The predicted octanol–water partition coefficient (Wildman–Crippen LogP) is 5.30. The average Bonchev–Trinajstić information content (AvgIpc) is 2.96. The lowest BCUT2D eigenvalue weighted by molar-refractivity contribution is -0.141. The Hall–Kier alpha value is -2.90. The summed E-state index contributed by atoms with van der Waals surface area (Å²) in [5.74, 6) is -1.01. The first-order valence-electron chi connectivity index (χ1n) is 8.05. The summed E-state index contributed by atoms with van der Waals surface area (Å²) in [4.78, 5) is 0. The Morgan fingerprint density at radius 1 is 1.04 bits per heavy atom. The zero-order valence-corrected chi connectivity index (χ0v) is 14.5. The van der Waals surface area contributed by atoms with Crippen LogP contribution in [0.4, 0.5) is 27.6 Å². The highest BCUT2D eigenvalue weighted by Crippen LogP contribution is 2.32. The van der Waals surface area contributed by atoms with Crippen molar-refractivity contribution in [3.05, 3.63) is 70.9 Å². The van der Waals surface area contributed by atoms with Crippen molar-refractivity contribution < 1.29 is 22.0 Å². The minimum Gasteiger partial charge on any atom is -0.381 e. The number of benzene rings is 2. The number of rotatable bonds is 4. The number of aryl methyl sites for hydroxylation is 2. The molecule has 3 aromatic rings. The molecule has 3 nitrogen and oxygen atoms in total. The van der Waals surface area contributed by atoms with Crippen LogP contribution in [-0.4, -0.2) is 9.78 Å². The SMILES string of the molecule is Cc1cc(F)ccc1CNc1ccc(-c2cc(C(F)(F)F)nn2C)c(F)c1. The lowest BCUT2D eigenvalue weighted by Gasteiger charge is -2.11. The topological polar surface area (TPSA) is 29.9 Å². The highest BCUT2D eigenvalue weighted by atomic mass is 19.4. The van der Waals surface area contributed by atoms with Gasteiger partial charge in [-0.2, -0.15) is 18.3 Å². The Morgan fingerprint density at radius 2 is 1.78 bits per heavy atom. The van der Waals surface area contributed by atoms with Crippen LogP contribution < -0.4 is 5.32 Å². The van der Waals surface area contributed by atoms with Crippen LogP contribution in [0.5, 0.6) is 0 Å². The third-order valence-electron chi connectivity index (χ3n) is 4.20. The van der Waals surface area contributed by atoms with Gasteiger partial charge in [0, 0.05) is 24.8 Å². The third kappa shape index (κ3) is 4.10. The lowest BCUT2D eigenvalue weighted by atomic mass is 10.1. The maximum absolute atomic E-state index is 14.5. The molecule has 8 heteroatoms. The monoisotopic (exact) mass is 381 g/mol. The van der Waals surface area contributed by atoms with Gasteiger partial charge in [0.25, 0.3) is 0 Å². The van der Waals surface area contributed by atoms with Gasteiger partial charge in [0.1, 0.15) is 11.6 Å². The Bertz CT molecular complexity index is 976. The standard InChI is InChI=1S/C19H16F5N3/c1-11-7-13(20)4-3-12(11)10-25-14-5-6-15(16(21)8-14)17-9-18(19(22,23)24)26-27(17)2/h3-9,25H,10H2,1-2H3. The Balaban J connectivity index is 1.81. The summed E-state index contributed by atoms with van der Waals surface area (Å²) in [5, 5.41) is 6.41. The maximum Gasteiger partial charge on any atom is 0.435 e. The number of hydrogen-bond donors (Lipinski definition) is 1. The Morgan fingerprint density at radius 3 is 2.37 bits per heavy atom. The highest BCUT2D eigenvalue weighted by molar-refractivity contribution is 5.64. The van der Waals surface area contributed by atoms with Crippen LogP contribution in [0.2, 0.25) is 0 Å². The van der Waals surface area contributed by atoms with Crippen molar-refractivity contribution in [3.63, 3.8) is 0 Å². The minimum atomic E-state index is -4.60. The van der Waals surface area contributed by atoms with Gasteiger partial charge in [-0.25, -0.2) is 8.78 Å². The van der Waals surface area contributed by atoms with Crippen molar-refractivity contribution in [1.29, 1.82) is 0 Å². The average molecular weight is 381 g/mol. The number of anilines is 1. The van der Waals surface area contributed by atoms with E-state index in [1.54, 1.807) is 19.1 Å². The molecule has 27 heavy (non-hydrogen) atoms. The quantitative estimate of drug-likeness (QED) is 0.621. The molecule has 1 heterocycles. The highest BCUT2D eigenvalue weighted by Gasteiger charge is 2.35. The largest absolute Gasteiger partial charge is 0.435 e. The second kappa shape index (κ2) is 7.02. The molecule has 3 rings (SSSR count). The van der Waals surface area contributed by atoms with Crippen molar-refractivity contribution in [2.45, 2.75) is 19.6 Å². The molecule has 0 unspecified atom stereocenters. The maximum atomic E-state index is 14.5. The molecular weight excluding hydrogens is 365 g/mol. The van der Waals surface area contributed by atoms with Crippen LogP contribution >= 0.6 is 0 Å². The number of hydrogen-bond acceptors (Lipinski definition) is 2. The number of halogens is 5. The van der Waals surface area contributed by atoms with Gasteiger partial charge in [-0.15, -0.1) is 0 Å². The molecule has 0 aliphatic carbocycles. The van der Waals surface area contributed by atoms with Crippen LogP contribution in [0, 0.1) is 18.6 Å². The second-order valence-electron chi connectivity index (χ2n) is 6.16. The molecule has 0 atom stereocenters. The van der Waals surface area contributed by atoms with Crippen LogP contribution in [0.1, 0.15) is 16.8 Å². The molecule has 2 aromatic carbocycles. The van der Waals surface area contributed by atoms with Gasteiger partial charge in [-0.05, 0) is 54.4 Å². The van der Waals surface area contributed by atoms with E-state index in [4.69, 9.17) is 0 Å². The fourth-order valence-electron chi connectivity index (χ4n) is 2.75.